The average molecular weight is 301 g/mol. The fourth-order valence-corrected chi connectivity index (χ4v) is 2.48. The molecule has 1 saturated heterocycles. The van der Waals surface area contributed by atoms with Gasteiger partial charge in [-0.2, -0.15) is 0 Å². The standard InChI is InChI=1S/C14H19N7O/c1-10-7-11(17-14(16-10)21-5-3-4-6-21)8-15-13(22)12-9-20(2)19-18-12/h7,9H,3-6,8H2,1-2H3,(H,15,22). The third-order valence-corrected chi connectivity index (χ3v) is 3.55. The topological polar surface area (TPSA) is 88.8 Å². The number of carbonyl (C=O) groups excluding carboxylic acids is 1. The molecule has 0 aliphatic carbocycles. The number of carbonyl (C=O) groups is 1. The lowest BCUT2D eigenvalue weighted by molar-refractivity contribution is 0.0945. The minimum absolute atomic E-state index is 0.257. The van der Waals surface area contributed by atoms with Crippen LogP contribution in [0.4, 0.5) is 5.95 Å². The Morgan fingerprint density at radius 3 is 2.77 bits per heavy atom. The number of anilines is 1. The lowest BCUT2D eigenvalue weighted by atomic mass is 10.3. The highest BCUT2D eigenvalue weighted by Gasteiger charge is 2.16. The lowest BCUT2D eigenvalue weighted by Gasteiger charge is -2.16. The second kappa shape index (κ2) is 6.08. The predicted molar refractivity (Wildman–Crippen MR) is 80.4 cm³/mol. The molecule has 0 aromatic carbocycles. The molecule has 0 atom stereocenters. The molecule has 0 unspecified atom stereocenters. The second-order valence-corrected chi connectivity index (χ2v) is 5.45. The Morgan fingerprint density at radius 1 is 1.32 bits per heavy atom. The normalized spacial score (nSPS) is 14.4. The van der Waals surface area contributed by atoms with Gasteiger partial charge in [0.1, 0.15) is 0 Å². The van der Waals surface area contributed by atoms with E-state index in [2.05, 4.69) is 30.5 Å². The molecule has 8 nitrogen and oxygen atoms in total. The van der Waals surface area contributed by atoms with Crippen LogP contribution in [0.15, 0.2) is 12.3 Å². The van der Waals surface area contributed by atoms with Crippen LogP contribution < -0.4 is 10.2 Å². The van der Waals surface area contributed by atoms with Crippen molar-refractivity contribution in [3.8, 4) is 0 Å². The lowest BCUT2D eigenvalue weighted by Crippen LogP contribution is -2.25. The van der Waals surface area contributed by atoms with Crippen molar-refractivity contribution < 1.29 is 4.79 Å². The Morgan fingerprint density at radius 2 is 2.09 bits per heavy atom. The summed E-state index contributed by atoms with van der Waals surface area (Å²) in [7, 11) is 1.72. The monoisotopic (exact) mass is 301 g/mol. The van der Waals surface area contributed by atoms with Gasteiger partial charge in [-0.25, -0.2) is 9.97 Å². The van der Waals surface area contributed by atoms with Gasteiger partial charge in [-0.05, 0) is 25.8 Å². The van der Waals surface area contributed by atoms with Crippen LogP contribution in [0.3, 0.4) is 0 Å². The van der Waals surface area contributed by atoms with Crippen molar-refractivity contribution in [1.29, 1.82) is 0 Å². The Kier molecular flexibility index (Phi) is 3.99. The minimum Gasteiger partial charge on any atom is -0.345 e. The highest BCUT2D eigenvalue weighted by atomic mass is 16.2. The molecule has 2 aromatic rings. The van der Waals surface area contributed by atoms with E-state index >= 15 is 0 Å². The fourth-order valence-electron chi connectivity index (χ4n) is 2.48. The Bertz CT molecular complexity index is 676. The zero-order chi connectivity index (χ0) is 15.5. The first-order chi connectivity index (χ1) is 10.6. The molecule has 0 bridgehead atoms. The summed E-state index contributed by atoms with van der Waals surface area (Å²) in [5, 5.41) is 10.3. The van der Waals surface area contributed by atoms with E-state index in [-0.39, 0.29) is 5.91 Å². The number of hydrogen-bond acceptors (Lipinski definition) is 6. The van der Waals surface area contributed by atoms with Gasteiger partial charge in [0.25, 0.3) is 5.91 Å². The molecular weight excluding hydrogens is 282 g/mol. The van der Waals surface area contributed by atoms with Crippen LogP contribution in [0, 0.1) is 6.92 Å². The van der Waals surface area contributed by atoms with Gasteiger partial charge in [0.15, 0.2) is 5.69 Å². The van der Waals surface area contributed by atoms with Crippen LogP contribution in [0.25, 0.3) is 0 Å². The van der Waals surface area contributed by atoms with E-state index in [9.17, 15) is 4.79 Å². The maximum absolute atomic E-state index is 12.0. The van der Waals surface area contributed by atoms with Crippen LogP contribution in [-0.4, -0.2) is 44.0 Å². The molecular formula is C14H19N7O. The number of aryl methyl sites for hydroxylation is 2. The minimum atomic E-state index is -0.257. The largest absolute Gasteiger partial charge is 0.345 e. The van der Waals surface area contributed by atoms with Crippen molar-refractivity contribution in [2.24, 2.45) is 7.05 Å². The van der Waals surface area contributed by atoms with Gasteiger partial charge >= 0.3 is 0 Å². The van der Waals surface area contributed by atoms with Crippen molar-refractivity contribution in [3.05, 3.63) is 29.3 Å². The summed E-state index contributed by atoms with van der Waals surface area (Å²) >= 11 is 0. The summed E-state index contributed by atoms with van der Waals surface area (Å²) in [5.74, 6) is 0.494. The molecule has 1 amide bonds. The predicted octanol–water partition coefficient (Wildman–Crippen LogP) is 0.444. The first-order valence-corrected chi connectivity index (χ1v) is 7.36. The van der Waals surface area contributed by atoms with Crippen molar-refractivity contribution >= 4 is 11.9 Å². The van der Waals surface area contributed by atoms with E-state index in [1.165, 1.54) is 17.5 Å². The number of nitrogens with one attached hydrogen (secondary N) is 1. The molecule has 1 N–H and O–H groups in total. The molecule has 0 radical (unpaired) electrons. The summed E-state index contributed by atoms with van der Waals surface area (Å²) in [4.78, 5) is 23.2. The summed E-state index contributed by atoms with van der Waals surface area (Å²) < 4.78 is 1.50. The highest BCUT2D eigenvalue weighted by Crippen LogP contribution is 2.16. The molecule has 8 heteroatoms. The third kappa shape index (κ3) is 3.21. The number of aromatic nitrogens is 5. The highest BCUT2D eigenvalue weighted by molar-refractivity contribution is 5.91. The third-order valence-electron chi connectivity index (χ3n) is 3.55. The average Bonchev–Trinajstić information content (AvgIpc) is 3.15. The van der Waals surface area contributed by atoms with Crippen molar-refractivity contribution in [3.63, 3.8) is 0 Å². The van der Waals surface area contributed by atoms with Gasteiger partial charge in [0, 0.05) is 25.8 Å². The molecule has 2 aromatic heterocycles. The van der Waals surface area contributed by atoms with Gasteiger partial charge in [0.05, 0.1) is 18.4 Å². The zero-order valence-electron chi connectivity index (χ0n) is 12.8. The molecule has 22 heavy (non-hydrogen) atoms. The van der Waals surface area contributed by atoms with Crippen molar-refractivity contribution in [2.45, 2.75) is 26.3 Å². The quantitative estimate of drug-likeness (QED) is 0.881. The van der Waals surface area contributed by atoms with Crippen molar-refractivity contribution in [1.82, 2.24) is 30.3 Å². The van der Waals surface area contributed by atoms with E-state index in [4.69, 9.17) is 0 Å². The number of amides is 1. The SMILES string of the molecule is Cc1cc(CNC(=O)c2cn(C)nn2)nc(N2CCCC2)n1. The molecule has 1 aliphatic heterocycles. The van der Waals surface area contributed by atoms with Crippen LogP contribution in [0.2, 0.25) is 0 Å². The van der Waals surface area contributed by atoms with Crippen molar-refractivity contribution in [2.75, 3.05) is 18.0 Å². The Labute approximate surface area is 128 Å². The zero-order valence-corrected chi connectivity index (χ0v) is 12.8. The number of rotatable bonds is 4. The van der Waals surface area contributed by atoms with E-state index in [0.29, 0.717) is 12.2 Å². The molecule has 1 aliphatic rings. The van der Waals surface area contributed by atoms with E-state index in [0.717, 1.165) is 30.4 Å². The Balaban J connectivity index is 1.68. The van der Waals surface area contributed by atoms with E-state index in [1.54, 1.807) is 13.2 Å². The van der Waals surface area contributed by atoms with Crippen LogP contribution in [0.5, 0.6) is 0 Å². The summed E-state index contributed by atoms with van der Waals surface area (Å²) in [6, 6.07) is 1.89. The summed E-state index contributed by atoms with van der Waals surface area (Å²) in [6.45, 7) is 4.28. The van der Waals surface area contributed by atoms with Gasteiger partial charge in [0.2, 0.25) is 5.95 Å². The van der Waals surface area contributed by atoms with Gasteiger partial charge in [-0.15, -0.1) is 5.10 Å². The van der Waals surface area contributed by atoms with Gasteiger partial charge in [-0.1, -0.05) is 5.21 Å². The van der Waals surface area contributed by atoms with Gasteiger partial charge < -0.3 is 10.2 Å². The molecule has 1 fully saturated rings. The maximum Gasteiger partial charge on any atom is 0.273 e. The van der Waals surface area contributed by atoms with Crippen LogP contribution in [-0.2, 0) is 13.6 Å². The Hall–Kier alpha value is -2.51. The fraction of sp³-hybridized carbons (Fsp3) is 0.500. The van der Waals surface area contributed by atoms with Crippen LogP contribution >= 0.6 is 0 Å². The maximum atomic E-state index is 12.0. The summed E-state index contributed by atoms with van der Waals surface area (Å²) in [6.07, 6.45) is 3.93. The first-order valence-electron chi connectivity index (χ1n) is 7.36. The molecule has 3 rings (SSSR count). The van der Waals surface area contributed by atoms with E-state index < -0.39 is 0 Å². The molecule has 116 valence electrons. The van der Waals surface area contributed by atoms with Crippen LogP contribution in [0.1, 0.15) is 34.7 Å². The second-order valence-electron chi connectivity index (χ2n) is 5.45. The number of hydrogen-bond donors (Lipinski definition) is 1. The first kappa shape index (κ1) is 14.4. The van der Waals surface area contributed by atoms with E-state index in [1.807, 2.05) is 13.0 Å². The summed E-state index contributed by atoms with van der Waals surface area (Å²) in [5.41, 5.74) is 2.00. The van der Waals surface area contributed by atoms with Gasteiger partial charge in [-0.3, -0.25) is 9.48 Å². The number of nitrogens with zero attached hydrogens (tertiary/aromatic N) is 6. The smallest absolute Gasteiger partial charge is 0.273 e. The molecule has 0 spiro atoms. The molecule has 3 heterocycles. The molecule has 0 saturated carbocycles.